The summed E-state index contributed by atoms with van der Waals surface area (Å²) in [5, 5.41) is 3.52. The number of rotatable bonds is 0. The van der Waals surface area contributed by atoms with Crippen LogP contribution in [0.5, 0.6) is 0 Å². The zero-order valence-corrected chi connectivity index (χ0v) is 11.6. The average Bonchev–Trinajstić information content (AvgIpc) is 2.91. The molecule has 22 heavy (non-hydrogen) atoms. The molecular formula is C18H11N3O. The Morgan fingerprint density at radius 2 is 1.82 bits per heavy atom. The van der Waals surface area contributed by atoms with Crippen molar-refractivity contribution in [1.29, 1.82) is 0 Å². The van der Waals surface area contributed by atoms with Crippen molar-refractivity contribution in [2.75, 3.05) is 5.73 Å². The Kier molecular flexibility index (Phi) is 1.96. The van der Waals surface area contributed by atoms with Gasteiger partial charge in [0.2, 0.25) is 0 Å². The Hall–Kier alpha value is -3.14. The molecular weight excluding hydrogens is 274 g/mol. The number of para-hydroxylation sites is 2. The molecule has 104 valence electrons. The van der Waals surface area contributed by atoms with Gasteiger partial charge in [-0.3, -0.25) is 9.20 Å². The lowest BCUT2D eigenvalue weighted by atomic mass is 10.0. The van der Waals surface area contributed by atoms with Crippen molar-refractivity contribution in [2.24, 2.45) is 0 Å². The standard InChI is InChI=1S/C18H11N3O/c19-11-8-10-4-3-5-12-16(10)13(9-11)17-20-14-6-1-2-7-15(14)21(17)18(12)22/h1-9H,19H2. The van der Waals surface area contributed by atoms with Crippen LogP contribution in [-0.2, 0) is 0 Å². The Bertz CT molecular complexity index is 1250. The number of fused-ring (bicyclic) bond motifs is 4. The van der Waals surface area contributed by atoms with E-state index in [0.29, 0.717) is 16.7 Å². The Balaban J connectivity index is 2.26. The maximum absolute atomic E-state index is 12.9. The average molecular weight is 285 g/mol. The predicted octanol–water partition coefficient (Wildman–Crippen LogP) is 3.17. The number of pyridine rings is 1. The summed E-state index contributed by atoms with van der Waals surface area (Å²) in [6, 6.07) is 17.2. The first-order valence-corrected chi connectivity index (χ1v) is 7.09. The number of nitrogens with two attached hydrogens (primary N) is 1. The Morgan fingerprint density at radius 1 is 0.955 bits per heavy atom. The van der Waals surface area contributed by atoms with E-state index < -0.39 is 0 Å². The molecule has 0 unspecified atom stereocenters. The molecule has 0 saturated heterocycles. The highest BCUT2D eigenvalue weighted by molar-refractivity contribution is 6.16. The fourth-order valence-corrected chi connectivity index (χ4v) is 3.34. The molecule has 2 aromatic heterocycles. The van der Waals surface area contributed by atoms with E-state index in [1.807, 2.05) is 54.6 Å². The van der Waals surface area contributed by atoms with Crippen LogP contribution in [0.1, 0.15) is 0 Å². The van der Waals surface area contributed by atoms with Crippen LogP contribution >= 0.6 is 0 Å². The fraction of sp³-hybridized carbons (Fsp3) is 0. The molecule has 0 aliphatic heterocycles. The summed E-state index contributed by atoms with van der Waals surface area (Å²) in [6.45, 7) is 0. The molecule has 0 saturated carbocycles. The van der Waals surface area contributed by atoms with Crippen LogP contribution < -0.4 is 11.3 Å². The van der Waals surface area contributed by atoms with E-state index in [4.69, 9.17) is 5.73 Å². The van der Waals surface area contributed by atoms with Crippen molar-refractivity contribution in [2.45, 2.75) is 0 Å². The maximum Gasteiger partial charge on any atom is 0.264 e. The van der Waals surface area contributed by atoms with Gasteiger partial charge in [-0.1, -0.05) is 24.3 Å². The number of aromatic nitrogens is 2. The molecule has 4 nitrogen and oxygen atoms in total. The van der Waals surface area contributed by atoms with E-state index in [-0.39, 0.29) is 5.56 Å². The van der Waals surface area contributed by atoms with Gasteiger partial charge in [0.1, 0.15) is 5.65 Å². The highest BCUT2D eigenvalue weighted by atomic mass is 16.1. The third-order valence-electron chi connectivity index (χ3n) is 4.23. The summed E-state index contributed by atoms with van der Waals surface area (Å²) < 4.78 is 1.69. The van der Waals surface area contributed by atoms with E-state index in [9.17, 15) is 4.79 Å². The number of hydrogen-bond donors (Lipinski definition) is 1. The molecule has 2 heterocycles. The van der Waals surface area contributed by atoms with Crippen LogP contribution in [0.15, 0.2) is 59.4 Å². The van der Waals surface area contributed by atoms with Crippen LogP contribution in [0.2, 0.25) is 0 Å². The molecule has 5 rings (SSSR count). The molecule has 4 heteroatoms. The van der Waals surface area contributed by atoms with Gasteiger partial charge in [0.25, 0.3) is 5.56 Å². The molecule has 0 aliphatic carbocycles. The summed E-state index contributed by atoms with van der Waals surface area (Å²) in [7, 11) is 0. The number of imidazole rings is 1. The van der Waals surface area contributed by atoms with Crippen molar-refractivity contribution in [3.05, 3.63) is 65.0 Å². The Morgan fingerprint density at radius 3 is 2.73 bits per heavy atom. The first-order valence-electron chi connectivity index (χ1n) is 7.09. The molecule has 3 aromatic carbocycles. The number of anilines is 1. The predicted molar refractivity (Wildman–Crippen MR) is 89.6 cm³/mol. The quantitative estimate of drug-likeness (QED) is 0.444. The zero-order chi connectivity index (χ0) is 14.8. The minimum atomic E-state index is -0.0356. The molecule has 0 radical (unpaired) electrons. The molecule has 0 aliphatic rings. The van der Waals surface area contributed by atoms with Crippen LogP contribution in [0.4, 0.5) is 5.69 Å². The molecule has 0 amide bonds. The first kappa shape index (κ1) is 11.5. The summed E-state index contributed by atoms with van der Waals surface area (Å²) >= 11 is 0. The van der Waals surface area contributed by atoms with Gasteiger partial charge in [-0.25, -0.2) is 4.98 Å². The monoisotopic (exact) mass is 285 g/mol. The van der Waals surface area contributed by atoms with Crippen molar-refractivity contribution in [3.63, 3.8) is 0 Å². The van der Waals surface area contributed by atoms with Crippen molar-refractivity contribution in [3.8, 4) is 0 Å². The Labute approximate surface area is 124 Å². The smallest absolute Gasteiger partial charge is 0.264 e. The summed E-state index contributed by atoms with van der Waals surface area (Å²) in [6.07, 6.45) is 0. The van der Waals surface area contributed by atoms with Crippen molar-refractivity contribution >= 4 is 43.9 Å². The van der Waals surface area contributed by atoms with Gasteiger partial charge in [0, 0.05) is 21.8 Å². The molecule has 0 fully saturated rings. The summed E-state index contributed by atoms with van der Waals surface area (Å²) in [4.78, 5) is 17.6. The number of nitrogens with zero attached hydrogens (tertiary/aromatic N) is 2. The SMILES string of the molecule is Nc1cc2cccc3c(=O)n4c5ccccc5nc4c(c1)c23. The van der Waals surface area contributed by atoms with Gasteiger partial charge < -0.3 is 5.73 Å². The molecule has 0 bridgehead atoms. The van der Waals surface area contributed by atoms with Gasteiger partial charge >= 0.3 is 0 Å². The number of nitrogen functional groups attached to an aromatic ring is 1. The normalized spacial score (nSPS) is 12.0. The number of hydrogen-bond acceptors (Lipinski definition) is 3. The number of benzene rings is 3. The molecule has 5 aromatic rings. The second-order valence-corrected chi connectivity index (χ2v) is 5.54. The van der Waals surface area contributed by atoms with Gasteiger partial charge in [0.05, 0.1) is 11.0 Å². The zero-order valence-electron chi connectivity index (χ0n) is 11.6. The van der Waals surface area contributed by atoms with Crippen LogP contribution in [0.25, 0.3) is 38.2 Å². The van der Waals surface area contributed by atoms with Crippen LogP contribution in [0, 0.1) is 0 Å². The van der Waals surface area contributed by atoms with Crippen molar-refractivity contribution in [1.82, 2.24) is 9.38 Å². The summed E-state index contributed by atoms with van der Waals surface area (Å²) in [5.41, 5.74) is 8.99. The second-order valence-electron chi connectivity index (χ2n) is 5.54. The van der Waals surface area contributed by atoms with E-state index in [1.54, 1.807) is 4.40 Å². The molecule has 2 N–H and O–H groups in total. The molecule has 0 atom stereocenters. The largest absolute Gasteiger partial charge is 0.399 e. The maximum atomic E-state index is 12.9. The lowest BCUT2D eigenvalue weighted by Crippen LogP contribution is -2.13. The first-order chi connectivity index (χ1) is 10.7. The van der Waals surface area contributed by atoms with E-state index >= 15 is 0 Å². The van der Waals surface area contributed by atoms with E-state index in [2.05, 4.69) is 4.98 Å². The fourth-order valence-electron chi connectivity index (χ4n) is 3.34. The van der Waals surface area contributed by atoms with Gasteiger partial charge in [-0.2, -0.15) is 0 Å². The topological polar surface area (TPSA) is 60.4 Å². The van der Waals surface area contributed by atoms with Crippen molar-refractivity contribution < 1.29 is 0 Å². The van der Waals surface area contributed by atoms with E-state index in [1.165, 1.54) is 0 Å². The lowest BCUT2D eigenvalue weighted by molar-refractivity contribution is 1.19. The second kappa shape index (κ2) is 3.74. The van der Waals surface area contributed by atoms with Crippen LogP contribution in [-0.4, -0.2) is 9.38 Å². The third kappa shape index (κ3) is 1.27. The minimum absolute atomic E-state index is 0.0356. The van der Waals surface area contributed by atoms with Crippen LogP contribution in [0.3, 0.4) is 0 Å². The highest BCUT2D eigenvalue weighted by Gasteiger charge is 2.15. The lowest BCUT2D eigenvalue weighted by Gasteiger charge is -2.08. The van der Waals surface area contributed by atoms with Gasteiger partial charge in [-0.05, 0) is 35.7 Å². The molecule has 0 spiro atoms. The highest BCUT2D eigenvalue weighted by Crippen LogP contribution is 2.31. The third-order valence-corrected chi connectivity index (χ3v) is 4.23. The minimum Gasteiger partial charge on any atom is -0.399 e. The van der Waals surface area contributed by atoms with Gasteiger partial charge in [0.15, 0.2) is 0 Å². The van der Waals surface area contributed by atoms with E-state index in [0.717, 1.165) is 27.2 Å². The summed E-state index contributed by atoms with van der Waals surface area (Å²) in [5.74, 6) is 0. The van der Waals surface area contributed by atoms with Gasteiger partial charge in [-0.15, -0.1) is 0 Å².